The molecule has 9 nitrogen and oxygen atoms in total. The second-order valence-corrected chi connectivity index (χ2v) is 12.9. The van der Waals surface area contributed by atoms with Crippen LogP contribution in [0.2, 0.25) is 0 Å². The Morgan fingerprint density at radius 3 is 2.47 bits per heavy atom. The molecule has 1 amide bonds. The lowest BCUT2D eigenvalue weighted by Gasteiger charge is -2.44. The molecule has 1 fully saturated rings. The SMILES string of the molecule is COc1ccc(S(=O)(=O)Nc2cc(C(=O)N(C)Cc3ccccc3)ccc2N2CC3CC(C2)c2cccc(=O)n2C3)cc1. The highest BCUT2D eigenvalue weighted by Crippen LogP contribution is 2.40. The van der Waals surface area contributed by atoms with Crippen molar-refractivity contribution >= 4 is 27.3 Å². The number of anilines is 2. The average Bonchev–Trinajstić information content (AvgIpc) is 3.01. The first-order chi connectivity index (χ1) is 20.7. The fraction of sp³-hybridized carbons (Fsp3) is 0.273. The Kier molecular flexibility index (Phi) is 7.70. The van der Waals surface area contributed by atoms with Crippen LogP contribution < -0.4 is 19.9 Å². The van der Waals surface area contributed by atoms with Gasteiger partial charge in [0.2, 0.25) is 0 Å². The summed E-state index contributed by atoms with van der Waals surface area (Å²) < 4.78 is 37.0. The van der Waals surface area contributed by atoms with Gasteiger partial charge in [0.25, 0.3) is 21.5 Å². The second-order valence-electron chi connectivity index (χ2n) is 11.3. The number of fused-ring (bicyclic) bond motifs is 4. The quantitative estimate of drug-likeness (QED) is 0.319. The molecule has 4 aromatic rings. The fourth-order valence-electron chi connectivity index (χ4n) is 6.23. The van der Waals surface area contributed by atoms with Crippen molar-refractivity contribution in [3.8, 4) is 5.75 Å². The number of benzene rings is 3. The van der Waals surface area contributed by atoms with Gasteiger partial charge in [0.05, 0.1) is 23.4 Å². The maximum absolute atomic E-state index is 13.6. The molecule has 2 aliphatic rings. The molecule has 2 aliphatic heterocycles. The van der Waals surface area contributed by atoms with Gasteiger partial charge in [-0.3, -0.25) is 14.3 Å². The summed E-state index contributed by atoms with van der Waals surface area (Å²) in [6, 6.07) is 26.5. The van der Waals surface area contributed by atoms with Crippen LogP contribution in [-0.2, 0) is 23.1 Å². The summed E-state index contributed by atoms with van der Waals surface area (Å²) in [5.41, 5.74) is 3.42. The molecule has 3 aromatic carbocycles. The van der Waals surface area contributed by atoms with Crippen LogP contribution in [0.1, 0.15) is 34.0 Å². The van der Waals surface area contributed by atoms with Gasteiger partial charge < -0.3 is 19.1 Å². The first-order valence-electron chi connectivity index (χ1n) is 14.3. The molecule has 1 aromatic heterocycles. The monoisotopic (exact) mass is 598 g/mol. The van der Waals surface area contributed by atoms with Crippen LogP contribution in [0.25, 0.3) is 0 Å². The number of hydrogen-bond acceptors (Lipinski definition) is 6. The van der Waals surface area contributed by atoms with Crippen molar-refractivity contribution in [2.45, 2.75) is 30.3 Å². The van der Waals surface area contributed by atoms with Crippen LogP contribution in [0.3, 0.4) is 0 Å². The van der Waals surface area contributed by atoms with Gasteiger partial charge in [-0.2, -0.15) is 0 Å². The van der Waals surface area contributed by atoms with Crippen molar-refractivity contribution in [2.75, 3.05) is 36.9 Å². The van der Waals surface area contributed by atoms with E-state index in [1.807, 2.05) is 47.0 Å². The number of carbonyl (C=O) groups is 1. The zero-order valence-electron chi connectivity index (χ0n) is 24.1. The number of nitrogens with one attached hydrogen (secondary N) is 1. The maximum Gasteiger partial charge on any atom is 0.261 e. The van der Waals surface area contributed by atoms with E-state index in [0.29, 0.717) is 48.9 Å². The third kappa shape index (κ3) is 5.87. The lowest BCUT2D eigenvalue weighted by molar-refractivity contribution is 0.0785. The predicted molar refractivity (Wildman–Crippen MR) is 166 cm³/mol. The molecule has 10 heteroatoms. The van der Waals surface area contributed by atoms with E-state index in [-0.39, 0.29) is 28.2 Å². The molecule has 222 valence electrons. The van der Waals surface area contributed by atoms with E-state index < -0.39 is 10.0 Å². The van der Waals surface area contributed by atoms with E-state index in [1.165, 1.54) is 19.2 Å². The Morgan fingerprint density at radius 2 is 1.72 bits per heavy atom. The number of amides is 1. The van der Waals surface area contributed by atoms with Gasteiger partial charge in [0, 0.05) is 56.5 Å². The highest BCUT2D eigenvalue weighted by atomic mass is 32.2. The lowest BCUT2D eigenvalue weighted by Crippen LogP contribution is -2.47. The summed E-state index contributed by atoms with van der Waals surface area (Å²) in [6.45, 7) is 2.33. The van der Waals surface area contributed by atoms with Crippen LogP contribution in [-0.4, -0.2) is 51.0 Å². The summed E-state index contributed by atoms with van der Waals surface area (Å²) in [4.78, 5) is 29.9. The Morgan fingerprint density at radius 1 is 0.953 bits per heavy atom. The first-order valence-corrected chi connectivity index (χ1v) is 15.7. The van der Waals surface area contributed by atoms with Crippen LogP contribution in [0.15, 0.2) is 101 Å². The van der Waals surface area contributed by atoms with Crippen LogP contribution in [0.4, 0.5) is 11.4 Å². The maximum atomic E-state index is 13.6. The van der Waals surface area contributed by atoms with Crippen molar-refractivity contribution in [1.82, 2.24) is 9.47 Å². The molecule has 0 radical (unpaired) electrons. The van der Waals surface area contributed by atoms with Gasteiger partial charge in [-0.05, 0) is 66.4 Å². The summed E-state index contributed by atoms with van der Waals surface area (Å²) in [5.74, 6) is 0.693. The Balaban J connectivity index is 1.34. The summed E-state index contributed by atoms with van der Waals surface area (Å²) in [7, 11) is -0.732. The van der Waals surface area contributed by atoms with Crippen LogP contribution in [0, 0.1) is 5.92 Å². The minimum absolute atomic E-state index is 0.0103. The second kappa shape index (κ2) is 11.6. The molecule has 1 N–H and O–H groups in total. The van der Waals surface area contributed by atoms with Gasteiger partial charge >= 0.3 is 0 Å². The van der Waals surface area contributed by atoms with Crippen molar-refractivity contribution in [3.05, 3.63) is 118 Å². The highest BCUT2D eigenvalue weighted by molar-refractivity contribution is 7.92. The number of nitrogens with zero attached hydrogens (tertiary/aromatic N) is 3. The number of ether oxygens (including phenoxy) is 1. The largest absolute Gasteiger partial charge is 0.497 e. The molecule has 2 unspecified atom stereocenters. The number of methoxy groups -OCH3 is 1. The lowest BCUT2D eigenvalue weighted by atomic mass is 9.83. The average molecular weight is 599 g/mol. The van der Waals surface area contributed by atoms with Gasteiger partial charge in [-0.25, -0.2) is 8.42 Å². The molecule has 43 heavy (non-hydrogen) atoms. The van der Waals surface area contributed by atoms with Crippen molar-refractivity contribution < 1.29 is 17.9 Å². The van der Waals surface area contributed by atoms with E-state index in [1.54, 1.807) is 48.3 Å². The molecule has 0 aliphatic carbocycles. The number of carbonyl (C=O) groups excluding carboxylic acids is 1. The molecule has 3 heterocycles. The third-order valence-electron chi connectivity index (χ3n) is 8.29. The summed E-state index contributed by atoms with van der Waals surface area (Å²) in [6.07, 6.45) is 0.966. The summed E-state index contributed by atoms with van der Waals surface area (Å²) in [5, 5.41) is 0. The number of pyridine rings is 1. The van der Waals surface area contributed by atoms with Crippen molar-refractivity contribution in [3.63, 3.8) is 0 Å². The number of sulfonamides is 1. The van der Waals surface area contributed by atoms with Gasteiger partial charge in [0.1, 0.15) is 5.75 Å². The summed E-state index contributed by atoms with van der Waals surface area (Å²) >= 11 is 0. The van der Waals surface area contributed by atoms with Gasteiger partial charge in [0.15, 0.2) is 0 Å². The zero-order valence-corrected chi connectivity index (χ0v) is 25.0. The molecule has 6 rings (SSSR count). The molecule has 0 saturated carbocycles. The molecule has 1 saturated heterocycles. The minimum Gasteiger partial charge on any atom is -0.497 e. The molecule has 2 bridgehead atoms. The van der Waals surface area contributed by atoms with Crippen molar-refractivity contribution in [1.29, 1.82) is 0 Å². The minimum atomic E-state index is -3.99. The van der Waals surface area contributed by atoms with E-state index in [0.717, 1.165) is 17.7 Å². The molecule has 2 atom stereocenters. The molecular formula is C33H34N4O5S. The van der Waals surface area contributed by atoms with Crippen LogP contribution in [0.5, 0.6) is 5.75 Å². The first kappa shape index (κ1) is 28.5. The van der Waals surface area contributed by atoms with E-state index >= 15 is 0 Å². The molecule has 0 spiro atoms. The van der Waals surface area contributed by atoms with Gasteiger partial charge in [-0.1, -0.05) is 36.4 Å². The topological polar surface area (TPSA) is 101 Å². The molecular weight excluding hydrogens is 564 g/mol. The van der Waals surface area contributed by atoms with Crippen molar-refractivity contribution in [2.24, 2.45) is 5.92 Å². The Labute approximate surface area is 251 Å². The fourth-order valence-corrected chi connectivity index (χ4v) is 7.29. The number of piperidine rings is 1. The highest BCUT2D eigenvalue weighted by Gasteiger charge is 2.35. The van der Waals surface area contributed by atoms with E-state index in [2.05, 4.69) is 9.62 Å². The van der Waals surface area contributed by atoms with Crippen LogP contribution >= 0.6 is 0 Å². The Bertz CT molecular complexity index is 1810. The number of aromatic nitrogens is 1. The normalized spacial score (nSPS) is 17.6. The predicted octanol–water partition coefficient (Wildman–Crippen LogP) is 4.55. The zero-order chi connectivity index (χ0) is 30.1. The number of hydrogen-bond donors (Lipinski definition) is 1. The van der Waals surface area contributed by atoms with Gasteiger partial charge in [-0.15, -0.1) is 0 Å². The third-order valence-corrected chi connectivity index (χ3v) is 9.67. The smallest absolute Gasteiger partial charge is 0.261 e. The van der Waals surface area contributed by atoms with E-state index in [4.69, 9.17) is 4.74 Å². The van der Waals surface area contributed by atoms with E-state index in [9.17, 15) is 18.0 Å². The Hall–Kier alpha value is -4.57. The standard InChI is InChI=1S/C33H34N4O5S/c1-35(19-23-7-4-3-5-8-23)33(39)25-11-16-31(29(18-25)34-43(40,41)28-14-12-27(42-2)13-15-28)36-20-24-17-26(22-36)30-9-6-10-32(38)37(30)21-24/h3-16,18,24,26,34H,17,19-22H2,1-2H3. The number of rotatable bonds is 8.